The number of Topliss-reactive ketones (excluding diaryl/α,β-unsaturated/α-hetero) is 1. The molecule has 6 amide bonds. The van der Waals surface area contributed by atoms with Crippen molar-refractivity contribution in [1.29, 1.82) is 0 Å². The zero-order chi connectivity index (χ0) is 43.2. The standard InChI is InChI=1S/C43H64N6O9/c1-27(2)19-34(46-40(53)36(21-29(5)6)48-42(55)57-25-31-15-11-9-12-16-31)38(51)44-23-33(50)24-45-39(52)35(20-28(3)4)47-41(54)37(22-30(7)8)49-43(56)58-26-32-17-13-10-14-18-32/h9-18,27-30,34-37H,19-26H2,1-8H3,(H,44,51)(H,45,52)(H,46,53)(H,47,54)(H,48,55)(H,49,56)/t34-,35+,36-,37+. The number of nitrogens with one attached hydrogen (secondary N) is 6. The van der Waals surface area contributed by atoms with Crippen molar-refractivity contribution in [3.8, 4) is 0 Å². The average molecular weight is 809 g/mol. The van der Waals surface area contributed by atoms with Gasteiger partial charge >= 0.3 is 12.2 Å². The molecule has 2 rings (SSSR count). The highest BCUT2D eigenvalue weighted by Crippen LogP contribution is 2.12. The van der Waals surface area contributed by atoms with Crippen molar-refractivity contribution in [1.82, 2.24) is 31.9 Å². The number of hydrogen-bond donors (Lipinski definition) is 6. The Labute approximate surface area is 342 Å². The minimum Gasteiger partial charge on any atom is -0.445 e. The molecule has 0 saturated heterocycles. The van der Waals surface area contributed by atoms with Gasteiger partial charge in [0.25, 0.3) is 0 Å². The van der Waals surface area contributed by atoms with E-state index in [9.17, 15) is 33.6 Å². The second-order valence-electron chi connectivity index (χ2n) is 16.1. The Morgan fingerprint density at radius 1 is 0.431 bits per heavy atom. The summed E-state index contributed by atoms with van der Waals surface area (Å²) in [6.45, 7) is 14.3. The lowest BCUT2D eigenvalue weighted by Gasteiger charge is -2.25. The lowest BCUT2D eigenvalue weighted by molar-refractivity contribution is -0.132. The molecule has 0 heterocycles. The second-order valence-corrected chi connectivity index (χ2v) is 16.1. The Kier molecular flexibility index (Phi) is 21.6. The first-order chi connectivity index (χ1) is 27.4. The molecule has 0 aliphatic rings. The Hall–Kier alpha value is -5.47. The van der Waals surface area contributed by atoms with E-state index in [2.05, 4.69) is 31.9 Å². The molecule has 15 nitrogen and oxygen atoms in total. The Morgan fingerprint density at radius 2 is 0.724 bits per heavy atom. The highest BCUT2D eigenvalue weighted by Gasteiger charge is 2.30. The number of carbonyl (C=O) groups is 7. The number of ketones is 1. The molecule has 4 atom stereocenters. The van der Waals surface area contributed by atoms with Crippen LogP contribution in [-0.4, -0.2) is 78.9 Å². The van der Waals surface area contributed by atoms with Crippen LogP contribution < -0.4 is 31.9 Å². The summed E-state index contributed by atoms with van der Waals surface area (Å²) in [4.78, 5) is 91.5. The van der Waals surface area contributed by atoms with Crippen molar-refractivity contribution >= 4 is 41.6 Å². The monoisotopic (exact) mass is 808 g/mol. The van der Waals surface area contributed by atoms with Crippen LogP contribution in [0.15, 0.2) is 60.7 Å². The van der Waals surface area contributed by atoms with Crippen molar-refractivity contribution in [2.24, 2.45) is 23.7 Å². The fourth-order valence-electron chi connectivity index (χ4n) is 5.85. The summed E-state index contributed by atoms with van der Waals surface area (Å²) in [5, 5.41) is 15.8. The molecule has 0 fully saturated rings. The Balaban J connectivity index is 1.98. The molecule has 0 spiro atoms. The molecular weight excluding hydrogens is 745 g/mol. The largest absolute Gasteiger partial charge is 0.445 e. The van der Waals surface area contributed by atoms with Crippen LogP contribution in [-0.2, 0) is 46.7 Å². The molecule has 0 unspecified atom stereocenters. The number of amides is 6. The maximum Gasteiger partial charge on any atom is 0.408 e. The predicted octanol–water partition coefficient (Wildman–Crippen LogP) is 4.53. The van der Waals surface area contributed by atoms with E-state index in [1.54, 1.807) is 0 Å². The van der Waals surface area contributed by atoms with Crippen LogP contribution in [0.25, 0.3) is 0 Å². The van der Waals surface area contributed by atoms with Crippen molar-refractivity contribution in [3.63, 3.8) is 0 Å². The van der Waals surface area contributed by atoms with Gasteiger partial charge in [-0.15, -0.1) is 0 Å². The first-order valence-corrected chi connectivity index (χ1v) is 20.1. The van der Waals surface area contributed by atoms with E-state index >= 15 is 0 Å². The van der Waals surface area contributed by atoms with Gasteiger partial charge < -0.3 is 41.4 Å². The van der Waals surface area contributed by atoms with E-state index < -0.39 is 78.9 Å². The molecule has 0 aliphatic carbocycles. The van der Waals surface area contributed by atoms with Crippen LogP contribution in [0.4, 0.5) is 9.59 Å². The summed E-state index contributed by atoms with van der Waals surface area (Å²) in [7, 11) is 0. The smallest absolute Gasteiger partial charge is 0.408 e. The summed E-state index contributed by atoms with van der Waals surface area (Å²) in [6.07, 6.45) is -0.469. The van der Waals surface area contributed by atoms with Gasteiger partial charge in [-0.3, -0.25) is 24.0 Å². The molecule has 2 aromatic carbocycles. The molecule has 0 saturated carbocycles. The molecule has 15 heteroatoms. The van der Waals surface area contributed by atoms with Crippen LogP contribution in [0.2, 0.25) is 0 Å². The van der Waals surface area contributed by atoms with E-state index in [-0.39, 0.29) is 62.6 Å². The van der Waals surface area contributed by atoms with Gasteiger partial charge in [0.1, 0.15) is 37.4 Å². The minimum absolute atomic E-state index is 0.0123. The van der Waals surface area contributed by atoms with Gasteiger partial charge in [-0.1, -0.05) is 116 Å². The second kappa shape index (κ2) is 25.7. The number of carbonyl (C=O) groups excluding carboxylic acids is 7. The topological polar surface area (TPSA) is 210 Å². The molecule has 0 bridgehead atoms. The third kappa shape index (κ3) is 20.1. The third-order valence-corrected chi connectivity index (χ3v) is 8.66. The summed E-state index contributed by atoms with van der Waals surface area (Å²) >= 11 is 0. The fourth-order valence-corrected chi connectivity index (χ4v) is 5.85. The molecular formula is C43H64N6O9. The van der Waals surface area contributed by atoms with Gasteiger partial charge in [0.2, 0.25) is 23.6 Å². The van der Waals surface area contributed by atoms with Crippen LogP contribution in [0.1, 0.15) is 92.2 Å². The number of hydrogen-bond acceptors (Lipinski definition) is 9. The highest BCUT2D eigenvalue weighted by atomic mass is 16.6. The van der Waals surface area contributed by atoms with Gasteiger partial charge in [0, 0.05) is 0 Å². The fraction of sp³-hybridized carbons (Fsp3) is 0.558. The maximum atomic E-state index is 13.4. The van der Waals surface area contributed by atoms with Gasteiger partial charge in [-0.25, -0.2) is 9.59 Å². The summed E-state index contributed by atoms with van der Waals surface area (Å²) in [5.74, 6) is -2.85. The SMILES string of the molecule is CC(C)C[C@H](NC(=O)OCc1ccccc1)C(=O)N[C@@H](CC(C)C)C(=O)NCC(=O)CNC(=O)[C@@H](CC(C)C)NC(=O)[C@@H](CC(C)C)NC(=O)OCc1ccccc1. The zero-order valence-corrected chi connectivity index (χ0v) is 35.2. The van der Waals surface area contributed by atoms with Crippen molar-refractivity contribution < 1.29 is 43.0 Å². The molecule has 2 aromatic rings. The number of rotatable bonds is 24. The van der Waals surface area contributed by atoms with E-state index in [4.69, 9.17) is 9.47 Å². The molecule has 0 aliphatic heterocycles. The average Bonchev–Trinajstić information content (AvgIpc) is 3.16. The van der Waals surface area contributed by atoms with Crippen molar-refractivity contribution in [3.05, 3.63) is 71.8 Å². The first kappa shape index (κ1) is 48.7. The summed E-state index contributed by atoms with van der Waals surface area (Å²) in [6, 6.07) is 14.2. The summed E-state index contributed by atoms with van der Waals surface area (Å²) in [5.41, 5.74) is 1.57. The van der Waals surface area contributed by atoms with Crippen LogP contribution in [0.3, 0.4) is 0 Å². The number of ether oxygens (including phenoxy) is 2. The molecule has 320 valence electrons. The van der Waals surface area contributed by atoms with Crippen LogP contribution in [0, 0.1) is 23.7 Å². The van der Waals surface area contributed by atoms with Crippen LogP contribution >= 0.6 is 0 Å². The van der Waals surface area contributed by atoms with E-state index in [0.29, 0.717) is 0 Å². The Bertz CT molecular complexity index is 1500. The van der Waals surface area contributed by atoms with Crippen molar-refractivity contribution in [2.75, 3.05) is 13.1 Å². The zero-order valence-electron chi connectivity index (χ0n) is 35.2. The van der Waals surface area contributed by atoms with Gasteiger partial charge in [0.15, 0.2) is 5.78 Å². The lowest BCUT2D eigenvalue weighted by atomic mass is 10.00. The highest BCUT2D eigenvalue weighted by molar-refractivity contribution is 5.96. The van der Waals surface area contributed by atoms with E-state index in [0.717, 1.165) is 11.1 Å². The molecule has 6 N–H and O–H groups in total. The normalized spacial score (nSPS) is 13.2. The molecule has 0 radical (unpaired) electrons. The van der Waals surface area contributed by atoms with Gasteiger partial charge in [0.05, 0.1) is 13.1 Å². The quantitative estimate of drug-likeness (QED) is 0.0879. The maximum absolute atomic E-state index is 13.4. The van der Waals surface area contributed by atoms with Gasteiger partial charge in [-0.05, 0) is 60.5 Å². The predicted molar refractivity (Wildman–Crippen MR) is 220 cm³/mol. The third-order valence-electron chi connectivity index (χ3n) is 8.66. The number of benzene rings is 2. The molecule has 0 aromatic heterocycles. The van der Waals surface area contributed by atoms with Crippen LogP contribution in [0.5, 0.6) is 0 Å². The first-order valence-electron chi connectivity index (χ1n) is 20.1. The summed E-state index contributed by atoms with van der Waals surface area (Å²) < 4.78 is 10.6. The Morgan fingerprint density at radius 3 is 1.02 bits per heavy atom. The van der Waals surface area contributed by atoms with E-state index in [1.165, 1.54) is 0 Å². The number of alkyl carbamates (subject to hydrolysis) is 2. The van der Waals surface area contributed by atoms with Crippen molar-refractivity contribution in [2.45, 2.75) is 118 Å². The molecule has 58 heavy (non-hydrogen) atoms. The minimum atomic E-state index is -1.01. The van der Waals surface area contributed by atoms with Gasteiger partial charge in [-0.2, -0.15) is 0 Å². The lowest BCUT2D eigenvalue weighted by Crippen LogP contribution is -2.55. The van der Waals surface area contributed by atoms with E-state index in [1.807, 2.05) is 116 Å².